The number of sulfonamides is 1. The summed E-state index contributed by atoms with van der Waals surface area (Å²) in [7, 11) is 0.266. The number of hydrogen-bond donors (Lipinski definition) is 1. The highest BCUT2D eigenvalue weighted by molar-refractivity contribution is 7.95. The molecule has 0 saturated heterocycles. The number of rotatable bonds is 9. The van der Waals surface area contributed by atoms with E-state index in [-0.39, 0.29) is 21.9 Å². The fourth-order valence-corrected chi connectivity index (χ4v) is 5.65. The fourth-order valence-electron chi connectivity index (χ4n) is 3.95. The molecule has 0 atom stereocenters. The van der Waals surface area contributed by atoms with Gasteiger partial charge in [-0.15, -0.1) is 14.9 Å². The van der Waals surface area contributed by atoms with Crippen LogP contribution in [-0.4, -0.2) is 54.1 Å². The van der Waals surface area contributed by atoms with Crippen LogP contribution in [0.25, 0.3) is 32.9 Å². The molecular formula is C28H27N7O6S2. The van der Waals surface area contributed by atoms with Crippen molar-refractivity contribution in [3.63, 3.8) is 0 Å². The van der Waals surface area contributed by atoms with Gasteiger partial charge in [-0.25, -0.2) is 17.9 Å². The van der Waals surface area contributed by atoms with Crippen molar-refractivity contribution in [1.82, 2.24) is 24.4 Å². The summed E-state index contributed by atoms with van der Waals surface area (Å²) in [5.41, 5.74) is 0.703. The lowest BCUT2D eigenvalue weighted by molar-refractivity contribution is 0.374. The molecule has 5 aromatic rings. The molecule has 0 radical (unpaired) electrons. The van der Waals surface area contributed by atoms with E-state index in [0.717, 1.165) is 20.2 Å². The highest BCUT2D eigenvalue weighted by Crippen LogP contribution is 2.35. The third-order valence-electron chi connectivity index (χ3n) is 5.83. The Bertz CT molecular complexity index is 1970. The van der Waals surface area contributed by atoms with Crippen molar-refractivity contribution in [3.8, 4) is 44.6 Å². The number of methoxy groups -OCH3 is 3. The molecule has 0 aliphatic carbocycles. The molecule has 0 saturated carbocycles. The van der Waals surface area contributed by atoms with Crippen LogP contribution in [0, 0.1) is 11.5 Å². The minimum absolute atomic E-state index is 0.00333. The molecule has 2 aromatic carbocycles. The summed E-state index contributed by atoms with van der Waals surface area (Å²) in [6.45, 7) is 4.00. The van der Waals surface area contributed by atoms with Crippen LogP contribution in [0.3, 0.4) is 0 Å². The molecule has 1 N–H and O–H groups in total. The minimum Gasteiger partial charge on any atom is -0.496 e. The standard InChI is InChI=1S/C26H21N7O6S2.C2H6/c1-37-18-11-20(38-2)19(21(12-18)39-3)9-10-41(35,36)31-17-13-28-23-22(26(34)33(15-27)32(23)14-17)25-30-29-24(40-25)16-7-5-4-6-8-16;1-2/h4-14,31H,1-3H3;1-2H3/b10-9+;. The van der Waals surface area contributed by atoms with Crippen molar-refractivity contribution < 1.29 is 22.6 Å². The minimum atomic E-state index is -4.09. The van der Waals surface area contributed by atoms with Crippen LogP contribution >= 0.6 is 11.3 Å². The van der Waals surface area contributed by atoms with Crippen LogP contribution in [0.4, 0.5) is 5.69 Å². The van der Waals surface area contributed by atoms with E-state index in [1.807, 2.05) is 44.2 Å². The van der Waals surface area contributed by atoms with Crippen LogP contribution in [-0.2, 0) is 10.0 Å². The molecule has 0 aliphatic rings. The maximum atomic E-state index is 13.1. The molecule has 3 heterocycles. The lowest BCUT2D eigenvalue weighted by Crippen LogP contribution is -2.16. The first-order chi connectivity index (χ1) is 20.8. The zero-order valence-corrected chi connectivity index (χ0v) is 25.4. The van der Waals surface area contributed by atoms with E-state index in [0.29, 0.717) is 27.8 Å². The molecule has 0 unspecified atom stereocenters. The normalized spacial score (nSPS) is 11.1. The van der Waals surface area contributed by atoms with E-state index in [2.05, 4.69) is 19.9 Å². The number of nitrogens with zero attached hydrogens (tertiary/aromatic N) is 6. The highest BCUT2D eigenvalue weighted by Gasteiger charge is 2.22. The van der Waals surface area contributed by atoms with Gasteiger partial charge in [-0.1, -0.05) is 55.5 Å². The van der Waals surface area contributed by atoms with Crippen molar-refractivity contribution in [2.24, 2.45) is 0 Å². The molecular weight excluding hydrogens is 594 g/mol. The molecule has 0 aliphatic heterocycles. The Morgan fingerprint density at radius 3 is 2.26 bits per heavy atom. The summed E-state index contributed by atoms with van der Waals surface area (Å²) < 4.78 is 46.0. The van der Waals surface area contributed by atoms with Gasteiger partial charge in [-0.05, 0) is 6.08 Å². The van der Waals surface area contributed by atoms with Gasteiger partial charge in [0, 0.05) is 17.7 Å². The van der Waals surface area contributed by atoms with Crippen LogP contribution in [0.1, 0.15) is 19.4 Å². The largest absolute Gasteiger partial charge is 0.496 e. The van der Waals surface area contributed by atoms with Crippen molar-refractivity contribution in [1.29, 1.82) is 5.26 Å². The third kappa shape index (κ3) is 6.35. The molecule has 222 valence electrons. The second kappa shape index (κ2) is 13.2. The Morgan fingerprint density at radius 2 is 1.65 bits per heavy atom. The van der Waals surface area contributed by atoms with Crippen molar-refractivity contribution in [2.75, 3.05) is 26.1 Å². The van der Waals surface area contributed by atoms with Crippen molar-refractivity contribution >= 4 is 38.8 Å². The Hall–Kier alpha value is -5.20. The number of fused-ring (bicyclic) bond motifs is 1. The van der Waals surface area contributed by atoms with Crippen LogP contribution in [0.15, 0.2) is 65.1 Å². The van der Waals surface area contributed by atoms with Gasteiger partial charge in [0.1, 0.15) is 27.8 Å². The molecule has 0 fully saturated rings. The maximum Gasteiger partial charge on any atom is 0.293 e. The first kappa shape index (κ1) is 30.8. The van der Waals surface area contributed by atoms with Gasteiger partial charge in [-0.2, -0.15) is 5.26 Å². The SMILES string of the molecule is CC.COc1cc(OC)c(/C=C/S(=O)(=O)Nc2cnc3c(-c4nnc(-c5ccccc5)s4)c(=O)n(C#N)n3c2)c(OC)c1. The number of anilines is 1. The third-order valence-corrected chi connectivity index (χ3v) is 7.84. The Kier molecular flexibility index (Phi) is 9.43. The van der Waals surface area contributed by atoms with E-state index >= 15 is 0 Å². The molecule has 5 rings (SSSR count). The first-order valence-electron chi connectivity index (χ1n) is 12.7. The summed E-state index contributed by atoms with van der Waals surface area (Å²) in [4.78, 5) is 17.4. The summed E-state index contributed by atoms with van der Waals surface area (Å²) in [6, 6.07) is 12.5. The smallest absolute Gasteiger partial charge is 0.293 e. The van der Waals surface area contributed by atoms with Gasteiger partial charge in [0.05, 0.1) is 50.4 Å². The van der Waals surface area contributed by atoms with E-state index in [9.17, 15) is 18.5 Å². The van der Waals surface area contributed by atoms with Gasteiger partial charge in [-0.3, -0.25) is 9.52 Å². The van der Waals surface area contributed by atoms with E-state index in [4.69, 9.17) is 14.2 Å². The van der Waals surface area contributed by atoms with Crippen molar-refractivity contribution in [3.05, 3.63) is 76.2 Å². The van der Waals surface area contributed by atoms with E-state index in [1.165, 1.54) is 51.1 Å². The second-order valence-electron chi connectivity index (χ2n) is 8.28. The Labute approximate surface area is 251 Å². The number of benzene rings is 2. The quantitative estimate of drug-likeness (QED) is 0.248. The summed E-state index contributed by atoms with van der Waals surface area (Å²) >= 11 is 1.17. The molecule has 15 heteroatoms. The van der Waals surface area contributed by atoms with Crippen LogP contribution < -0.4 is 24.5 Å². The number of aromatic nitrogens is 5. The molecule has 3 aromatic heterocycles. The van der Waals surface area contributed by atoms with E-state index < -0.39 is 15.6 Å². The Balaban J connectivity index is 0.00000207. The van der Waals surface area contributed by atoms with Crippen LogP contribution in [0.2, 0.25) is 0 Å². The van der Waals surface area contributed by atoms with Gasteiger partial charge in [0.15, 0.2) is 10.7 Å². The topological polar surface area (TPSA) is 163 Å². The summed E-state index contributed by atoms with van der Waals surface area (Å²) in [5.74, 6) is 1.14. The summed E-state index contributed by atoms with van der Waals surface area (Å²) in [6.07, 6.45) is 5.61. The van der Waals surface area contributed by atoms with Crippen LogP contribution in [0.5, 0.6) is 17.2 Å². The monoisotopic (exact) mass is 621 g/mol. The zero-order valence-electron chi connectivity index (χ0n) is 23.8. The Morgan fingerprint density at radius 1 is 1.00 bits per heavy atom. The number of nitriles is 1. The lowest BCUT2D eigenvalue weighted by atomic mass is 10.1. The molecule has 0 amide bonds. The molecule has 13 nitrogen and oxygen atoms in total. The number of hydrogen-bond acceptors (Lipinski definition) is 11. The van der Waals surface area contributed by atoms with Gasteiger partial charge in [0.2, 0.25) is 6.19 Å². The second-order valence-corrected chi connectivity index (χ2v) is 10.8. The maximum absolute atomic E-state index is 13.1. The molecule has 0 bridgehead atoms. The molecule has 43 heavy (non-hydrogen) atoms. The van der Waals surface area contributed by atoms with Crippen molar-refractivity contribution in [2.45, 2.75) is 13.8 Å². The molecule has 0 spiro atoms. The van der Waals surface area contributed by atoms with E-state index in [1.54, 1.807) is 18.3 Å². The fraction of sp³-hybridized carbons (Fsp3) is 0.179. The zero-order chi connectivity index (χ0) is 31.1. The first-order valence-corrected chi connectivity index (χ1v) is 15.1. The number of ether oxygens (including phenoxy) is 3. The number of nitrogens with one attached hydrogen (secondary N) is 1. The van der Waals surface area contributed by atoms with Gasteiger partial charge in [0.25, 0.3) is 15.6 Å². The predicted molar refractivity (Wildman–Crippen MR) is 164 cm³/mol. The lowest BCUT2D eigenvalue weighted by Gasteiger charge is -2.12. The average Bonchev–Trinajstić information content (AvgIpc) is 3.62. The van der Waals surface area contributed by atoms with Gasteiger partial charge < -0.3 is 14.2 Å². The predicted octanol–water partition coefficient (Wildman–Crippen LogP) is 4.48. The van der Waals surface area contributed by atoms with Gasteiger partial charge >= 0.3 is 0 Å². The highest BCUT2D eigenvalue weighted by atomic mass is 32.2. The average molecular weight is 622 g/mol. The summed E-state index contributed by atoms with van der Waals surface area (Å²) in [5, 5.41) is 19.8.